The summed E-state index contributed by atoms with van der Waals surface area (Å²) < 4.78 is 81.7. The minimum absolute atomic E-state index is 0.01000. The van der Waals surface area contributed by atoms with Gasteiger partial charge in [0.05, 0.1) is 65.0 Å². The molecule has 0 radical (unpaired) electrons. The molecule has 0 bridgehead atoms. The molecule has 1 saturated heterocycles. The number of aliphatic hydroxyl groups excluding tert-OH is 2. The molecule has 0 spiro atoms. The number of nitriles is 1. The van der Waals surface area contributed by atoms with E-state index in [0.29, 0.717) is 28.7 Å². The molecular weight excluding hydrogens is 645 g/mol. The van der Waals surface area contributed by atoms with E-state index in [-0.39, 0.29) is 73.6 Å². The number of piperidine rings is 1. The van der Waals surface area contributed by atoms with E-state index in [1.807, 2.05) is 11.0 Å². The fraction of sp³-hybridized carbons (Fsp3) is 0.469. The number of alkyl halides is 4. The van der Waals surface area contributed by atoms with Crippen molar-refractivity contribution in [2.75, 3.05) is 75.6 Å². The molecule has 3 unspecified atom stereocenters. The number of hydrogen-bond acceptors (Lipinski definition) is 10. The van der Waals surface area contributed by atoms with Crippen molar-refractivity contribution in [3.8, 4) is 23.7 Å². The van der Waals surface area contributed by atoms with Gasteiger partial charge in [0.15, 0.2) is 6.61 Å². The number of halogens is 5. The Labute approximate surface area is 273 Å². The second-order valence-corrected chi connectivity index (χ2v) is 11.9. The van der Waals surface area contributed by atoms with Crippen LogP contribution in [0.5, 0.6) is 5.75 Å². The number of β-amino-alcohol motifs (C(OH)–C–C–N with tert-alkyl or cyclic N) is 1. The maximum Gasteiger partial charge on any atom is 0.393 e. The van der Waals surface area contributed by atoms with E-state index in [4.69, 9.17) is 19.8 Å². The first-order chi connectivity index (χ1) is 22.5. The third-order valence-corrected chi connectivity index (χ3v) is 8.54. The van der Waals surface area contributed by atoms with Gasteiger partial charge in [0, 0.05) is 45.4 Å². The Balaban J connectivity index is 1.54. The predicted molar refractivity (Wildman–Crippen MR) is 171 cm³/mol. The fourth-order valence-electron chi connectivity index (χ4n) is 5.31. The van der Waals surface area contributed by atoms with Crippen LogP contribution in [0, 0.1) is 29.0 Å². The lowest BCUT2D eigenvalue weighted by atomic mass is 10.0. The Kier molecular flexibility index (Phi) is 12.9. The number of methoxy groups -OCH3 is 1. The van der Waals surface area contributed by atoms with Gasteiger partial charge in [-0.3, -0.25) is 4.90 Å². The summed E-state index contributed by atoms with van der Waals surface area (Å²) in [7, 11) is 1.48. The van der Waals surface area contributed by atoms with Crippen molar-refractivity contribution in [3.63, 3.8) is 0 Å². The van der Waals surface area contributed by atoms with Crippen molar-refractivity contribution in [3.05, 3.63) is 46.6 Å². The Hall–Kier alpha value is -3.86. The van der Waals surface area contributed by atoms with Crippen LogP contribution < -0.4 is 20.7 Å². The summed E-state index contributed by atoms with van der Waals surface area (Å²) in [5, 5.41) is 37.1. The zero-order valence-electron chi connectivity index (χ0n) is 25.6. The smallest absolute Gasteiger partial charge is 0.393 e. The minimum atomic E-state index is -4.51. The molecule has 15 heteroatoms. The number of hydrogen-bond donors (Lipinski definition) is 5. The average Bonchev–Trinajstić information content (AvgIpc) is 3.36. The molecular formula is C32H36F5N5O4S. The molecule has 4 rings (SSSR count). The molecule has 1 fully saturated rings. The minimum Gasteiger partial charge on any atom is -0.477 e. The molecule has 0 amide bonds. The number of nitrogens with one attached hydrogen (secondary N) is 3. The zero-order chi connectivity index (χ0) is 34.0. The van der Waals surface area contributed by atoms with Crippen molar-refractivity contribution in [2.45, 2.75) is 37.3 Å². The summed E-state index contributed by atoms with van der Waals surface area (Å²) in [6, 6.07) is 8.62. The monoisotopic (exact) mass is 681 g/mol. The van der Waals surface area contributed by atoms with Gasteiger partial charge < -0.3 is 35.6 Å². The topological polar surface area (TPSA) is 122 Å². The standard InChI is InChI=1S/C32H36F5N5O4S/c1-45-19-20(44)17-42-11-7-25(24(34)18-42)41-26-5-2-4-21-22(16-32(35,36)37)30(47-31(21)26)6-3-9-39-28-14-23(33)27(40-10-12-43)15-29(28)46-13-8-38/h2,4-5,14-15,20,24-25,39-41,43-44H,7,9-13,16-19H2,1H3. The van der Waals surface area contributed by atoms with Gasteiger partial charge in [-0.1, -0.05) is 24.0 Å². The van der Waals surface area contributed by atoms with Crippen LogP contribution in [0.3, 0.4) is 0 Å². The molecule has 5 N–H and O–H groups in total. The normalized spacial score (nSPS) is 17.4. The Morgan fingerprint density at radius 1 is 1.19 bits per heavy atom. The van der Waals surface area contributed by atoms with Crippen LogP contribution in [0.1, 0.15) is 16.9 Å². The van der Waals surface area contributed by atoms with Gasteiger partial charge in [-0.2, -0.15) is 18.4 Å². The van der Waals surface area contributed by atoms with E-state index < -0.39 is 36.7 Å². The molecule has 2 aromatic carbocycles. The van der Waals surface area contributed by atoms with Gasteiger partial charge in [-0.25, -0.2) is 8.78 Å². The first-order valence-electron chi connectivity index (χ1n) is 14.8. The van der Waals surface area contributed by atoms with Gasteiger partial charge in [0.2, 0.25) is 0 Å². The van der Waals surface area contributed by atoms with Crippen molar-refractivity contribution in [1.29, 1.82) is 5.26 Å². The molecule has 2 heterocycles. The number of likely N-dealkylation sites (tertiary alicyclic amines) is 1. The van der Waals surface area contributed by atoms with Crippen LogP contribution in [-0.2, 0) is 11.2 Å². The van der Waals surface area contributed by atoms with Gasteiger partial charge in [-0.15, -0.1) is 11.3 Å². The van der Waals surface area contributed by atoms with Crippen molar-refractivity contribution >= 4 is 38.5 Å². The van der Waals surface area contributed by atoms with E-state index in [1.54, 1.807) is 18.2 Å². The second-order valence-electron chi connectivity index (χ2n) is 10.9. The number of ether oxygens (including phenoxy) is 2. The molecule has 1 aromatic heterocycles. The van der Waals surface area contributed by atoms with E-state index in [1.165, 1.54) is 13.2 Å². The number of thiophene rings is 1. The first-order valence-corrected chi connectivity index (χ1v) is 15.7. The van der Waals surface area contributed by atoms with E-state index in [2.05, 4.69) is 27.8 Å². The Morgan fingerprint density at radius 3 is 2.70 bits per heavy atom. The lowest BCUT2D eigenvalue weighted by molar-refractivity contribution is -0.126. The molecule has 0 saturated carbocycles. The number of rotatable bonds is 14. The Bertz CT molecular complexity index is 1600. The lowest BCUT2D eigenvalue weighted by Crippen LogP contribution is -2.50. The third-order valence-electron chi connectivity index (χ3n) is 7.35. The highest BCUT2D eigenvalue weighted by molar-refractivity contribution is 7.20. The van der Waals surface area contributed by atoms with Crippen LogP contribution in [0.4, 0.5) is 39.0 Å². The van der Waals surface area contributed by atoms with Gasteiger partial charge in [0.25, 0.3) is 0 Å². The molecule has 254 valence electrons. The number of anilines is 3. The quantitative estimate of drug-likeness (QED) is 0.121. The van der Waals surface area contributed by atoms with Crippen molar-refractivity contribution < 1.29 is 41.6 Å². The number of fused-ring (bicyclic) bond motifs is 1. The van der Waals surface area contributed by atoms with Crippen molar-refractivity contribution in [2.24, 2.45) is 0 Å². The highest BCUT2D eigenvalue weighted by Crippen LogP contribution is 2.40. The zero-order valence-corrected chi connectivity index (χ0v) is 26.4. The molecule has 9 nitrogen and oxygen atoms in total. The summed E-state index contributed by atoms with van der Waals surface area (Å²) in [4.78, 5) is 2.01. The fourth-order valence-corrected chi connectivity index (χ4v) is 6.48. The van der Waals surface area contributed by atoms with Crippen molar-refractivity contribution in [1.82, 2.24) is 4.90 Å². The van der Waals surface area contributed by atoms with Crippen LogP contribution >= 0.6 is 11.3 Å². The second kappa shape index (κ2) is 16.8. The molecule has 1 aliphatic heterocycles. The van der Waals surface area contributed by atoms with Crippen LogP contribution in [0.25, 0.3) is 10.1 Å². The van der Waals surface area contributed by atoms with Gasteiger partial charge in [-0.05, 0) is 23.4 Å². The van der Waals surface area contributed by atoms with Crippen LogP contribution in [-0.4, -0.2) is 99.3 Å². The summed E-state index contributed by atoms with van der Waals surface area (Å²) >= 11 is 1.07. The maximum atomic E-state index is 15.2. The first kappa shape index (κ1) is 36.0. The molecule has 3 aromatic rings. The van der Waals surface area contributed by atoms with E-state index >= 15 is 4.39 Å². The predicted octanol–water partition coefficient (Wildman–Crippen LogP) is 4.75. The number of nitrogens with zero attached hydrogens (tertiary/aromatic N) is 2. The summed E-state index contributed by atoms with van der Waals surface area (Å²) in [6.07, 6.45) is -7.30. The molecule has 1 aliphatic rings. The number of benzene rings is 2. The molecule has 3 atom stereocenters. The van der Waals surface area contributed by atoms with E-state index in [0.717, 1.165) is 17.4 Å². The molecule has 0 aliphatic carbocycles. The summed E-state index contributed by atoms with van der Waals surface area (Å²) in [5.74, 6) is 5.12. The Morgan fingerprint density at radius 2 is 2.00 bits per heavy atom. The lowest BCUT2D eigenvalue weighted by Gasteiger charge is -2.36. The number of aliphatic hydroxyl groups is 2. The summed E-state index contributed by atoms with van der Waals surface area (Å²) in [6.45, 7) is 0.496. The average molecular weight is 682 g/mol. The molecule has 47 heavy (non-hydrogen) atoms. The van der Waals surface area contributed by atoms with Crippen LogP contribution in [0.15, 0.2) is 30.3 Å². The van der Waals surface area contributed by atoms with E-state index in [9.17, 15) is 22.7 Å². The third kappa shape index (κ3) is 10.1. The van der Waals surface area contributed by atoms with Gasteiger partial charge >= 0.3 is 6.18 Å². The SMILES string of the molecule is COCC(O)CN1CCC(Nc2cccc3c(CC(F)(F)F)c(C#CCNc4cc(F)c(NCCO)cc4OCC#N)sc23)C(F)C1. The van der Waals surface area contributed by atoms with Crippen LogP contribution in [0.2, 0.25) is 0 Å². The largest absolute Gasteiger partial charge is 0.477 e. The highest BCUT2D eigenvalue weighted by atomic mass is 32.1. The highest BCUT2D eigenvalue weighted by Gasteiger charge is 2.33. The van der Waals surface area contributed by atoms with Gasteiger partial charge in [0.1, 0.15) is 23.8 Å². The summed E-state index contributed by atoms with van der Waals surface area (Å²) in [5.41, 5.74) is 0.753. The maximum absolute atomic E-state index is 15.2.